The Morgan fingerprint density at radius 3 is 2.41 bits per heavy atom. The number of hydrogen-bond donors (Lipinski definition) is 1. The summed E-state index contributed by atoms with van der Waals surface area (Å²) in [5.41, 5.74) is -2.84. The molecule has 0 bridgehead atoms. The Morgan fingerprint density at radius 2 is 1.75 bits per heavy atom. The van der Waals surface area contributed by atoms with Gasteiger partial charge in [-0.15, -0.1) is 16.4 Å². The summed E-state index contributed by atoms with van der Waals surface area (Å²) in [5, 5.41) is 23.6. The van der Waals surface area contributed by atoms with Crippen LogP contribution in [0.25, 0.3) is 0 Å². The highest BCUT2D eigenvalue weighted by Crippen LogP contribution is 2.46. The van der Waals surface area contributed by atoms with Crippen LogP contribution < -0.4 is 4.74 Å². The normalized spacial score (nSPS) is 12.9. The second-order valence-corrected chi connectivity index (χ2v) is 11.2. The van der Waals surface area contributed by atoms with Crippen molar-refractivity contribution in [1.29, 1.82) is 0 Å². The van der Waals surface area contributed by atoms with E-state index in [1.807, 2.05) is 14.1 Å². The van der Waals surface area contributed by atoms with Crippen LogP contribution in [0.4, 0.5) is 17.6 Å². The molecule has 0 aliphatic rings. The molecule has 1 atom stereocenters. The lowest BCUT2D eigenvalue weighted by molar-refractivity contribution is -0.207. The van der Waals surface area contributed by atoms with Crippen molar-refractivity contribution >= 4 is 11.3 Å². The minimum Gasteiger partial charge on any atom is -0.489 e. The van der Waals surface area contributed by atoms with Gasteiger partial charge in [0.2, 0.25) is 0 Å². The Kier molecular flexibility index (Phi) is 9.05. The average Bonchev–Trinajstić information content (AvgIpc) is 3.67. The van der Waals surface area contributed by atoms with E-state index in [2.05, 4.69) is 48.7 Å². The van der Waals surface area contributed by atoms with E-state index in [-0.39, 0.29) is 0 Å². The Bertz CT molecular complexity index is 1770. The molecule has 0 radical (unpaired) electrons. The van der Waals surface area contributed by atoms with Crippen molar-refractivity contribution in [2.24, 2.45) is 0 Å². The van der Waals surface area contributed by atoms with Gasteiger partial charge in [-0.3, -0.25) is 4.98 Å². The number of nitrogens with zero attached hydrogens (tertiary/aromatic N) is 6. The maximum Gasteiger partial charge on any atom is 0.323 e. The van der Waals surface area contributed by atoms with Crippen LogP contribution >= 0.6 is 11.3 Å². The molecule has 8 nitrogen and oxygen atoms in total. The lowest BCUT2D eigenvalue weighted by Gasteiger charge is -2.35. The number of rotatable bonds is 10. The van der Waals surface area contributed by atoms with Gasteiger partial charge < -0.3 is 14.7 Å². The number of halogens is 4. The molecule has 1 unspecified atom stereocenters. The van der Waals surface area contributed by atoms with Gasteiger partial charge in [-0.05, 0) is 84.5 Å². The van der Waals surface area contributed by atoms with E-state index in [1.165, 1.54) is 10.9 Å². The zero-order valence-electron chi connectivity index (χ0n) is 23.6. The average molecular weight is 623 g/mol. The Hall–Kier alpha value is -4.64. The predicted molar refractivity (Wildman–Crippen MR) is 155 cm³/mol. The van der Waals surface area contributed by atoms with Crippen LogP contribution in [0.2, 0.25) is 0 Å². The first-order valence-electron chi connectivity index (χ1n) is 13.2. The van der Waals surface area contributed by atoms with Crippen LogP contribution in [0.15, 0.2) is 78.6 Å². The summed E-state index contributed by atoms with van der Waals surface area (Å²) in [4.78, 5) is 7.19. The molecule has 5 aromatic rings. The second kappa shape index (κ2) is 12.9. The van der Waals surface area contributed by atoms with Crippen molar-refractivity contribution in [3.05, 3.63) is 123 Å². The molecule has 0 aliphatic carbocycles. The molecule has 0 spiro atoms. The number of alkyl halides is 2. The Morgan fingerprint density at radius 1 is 1.00 bits per heavy atom. The van der Waals surface area contributed by atoms with E-state index in [0.29, 0.717) is 29.5 Å². The molecule has 3 aromatic heterocycles. The monoisotopic (exact) mass is 622 g/mol. The highest BCUT2D eigenvalue weighted by molar-refractivity contribution is 7.10. The summed E-state index contributed by atoms with van der Waals surface area (Å²) >= 11 is 1.69. The van der Waals surface area contributed by atoms with E-state index in [4.69, 9.17) is 4.74 Å². The topological polar surface area (TPSA) is 89.2 Å². The Labute approximate surface area is 254 Å². The Balaban J connectivity index is 1.29. The third-order valence-electron chi connectivity index (χ3n) is 6.55. The third-order valence-corrected chi connectivity index (χ3v) is 7.52. The molecule has 0 saturated heterocycles. The summed E-state index contributed by atoms with van der Waals surface area (Å²) in [6.45, 7) is 0.373. The number of thiophene rings is 1. The van der Waals surface area contributed by atoms with Gasteiger partial charge in [0, 0.05) is 45.9 Å². The minimum atomic E-state index is -4.16. The fraction of sp³-hybridized carbons (Fsp3) is 0.226. The van der Waals surface area contributed by atoms with Gasteiger partial charge in [-0.2, -0.15) is 8.78 Å². The molecule has 0 saturated carbocycles. The molecule has 5 rings (SSSR count). The zero-order valence-corrected chi connectivity index (χ0v) is 24.4. The molecule has 0 aliphatic heterocycles. The molecular formula is C31H26F4N6O2S. The first-order chi connectivity index (χ1) is 21.0. The zero-order chi connectivity index (χ0) is 31.3. The van der Waals surface area contributed by atoms with E-state index >= 15 is 8.78 Å². The summed E-state index contributed by atoms with van der Waals surface area (Å²) in [5.74, 6) is -0.0257. The number of benzene rings is 2. The molecule has 44 heavy (non-hydrogen) atoms. The van der Waals surface area contributed by atoms with E-state index in [0.717, 1.165) is 47.5 Å². The number of hydrogen-bond acceptors (Lipinski definition) is 8. The molecule has 3 heterocycles. The van der Waals surface area contributed by atoms with Crippen LogP contribution in [0.5, 0.6) is 5.75 Å². The molecule has 226 valence electrons. The van der Waals surface area contributed by atoms with E-state index < -0.39 is 41.0 Å². The number of pyridine rings is 1. The van der Waals surface area contributed by atoms with Gasteiger partial charge in [-0.25, -0.2) is 13.5 Å². The summed E-state index contributed by atoms with van der Waals surface area (Å²) in [6.07, 6.45) is 2.11. The molecule has 0 fully saturated rings. The number of tetrazole rings is 1. The molecule has 1 N–H and O–H groups in total. The summed E-state index contributed by atoms with van der Waals surface area (Å²) < 4.78 is 66.7. The van der Waals surface area contributed by atoms with E-state index in [1.54, 1.807) is 35.6 Å². The van der Waals surface area contributed by atoms with Crippen molar-refractivity contribution in [3.63, 3.8) is 0 Å². The van der Waals surface area contributed by atoms with Gasteiger partial charge >= 0.3 is 5.92 Å². The highest BCUT2D eigenvalue weighted by atomic mass is 32.1. The standard InChI is InChI=1S/C31H26F4N6O2S/c1-40(2)16-26-13-23(18-44-26)17-43-25-9-5-21(6-10-25)3-4-22-7-12-29(36-15-22)31(34,35)30(42,19-41-20-37-38-39-41)27-11-8-24(32)14-28(27)33/h5-15,18,20,42H,16-17,19H2,1-2H3. The van der Waals surface area contributed by atoms with Crippen molar-refractivity contribution in [3.8, 4) is 17.6 Å². The van der Waals surface area contributed by atoms with Crippen molar-refractivity contribution in [2.75, 3.05) is 14.1 Å². The van der Waals surface area contributed by atoms with Gasteiger partial charge in [0.05, 0.1) is 6.54 Å². The SMILES string of the molecule is CN(C)Cc1cc(COc2ccc(C#Cc3ccc(C(F)(F)C(O)(Cn4cnnn4)c4ccc(F)cc4F)nc3)cc2)cs1. The fourth-order valence-corrected chi connectivity index (χ4v) is 5.36. The quantitative estimate of drug-likeness (QED) is 0.171. The fourth-order valence-electron chi connectivity index (χ4n) is 4.37. The van der Waals surface area contributed by atoms with Crippen LogP contribution in [-0.2, 0) is 31.2 Å². The smallest absolute Gasteiger partial charge is 0.323 e. The largest absolute Gasteiger partial charge is 0.489 e. The van der Waals surface area contributed by atoms with E-state index in [9.17, 15) is 13.9 Å². The number of aromatic nitrogens is 5. The summed E-state index contributed by atoms with van der Waals surface area (Å²) in [6, 6.07) is 13.5. The van der Waals surface area contributed by atoms with Gasteiger partial charge in [-0.1, -0.05) is 11.8 Å². The molecule has 2 aromatic carbocycles. The predicted octanol–water partition coefficient (Wildman–Crippen LogP) is 5.13. The third kappa shape index (κ3) is 6.94. The molecular weight excluding hydrogens is 596 g/mol. The van der Waals surface area contributed by atoms with Crippen LogP contribution in [0.3, 0.4) is 0 Å². The van der Waals surface area contributed by atoms with Crippen LogP contribution in [0.1, 0.15) is 32.8 Å². The lowest BCUT2D eigenvalue weighted by Crippen LogP contribution is -2.48. The maximum atomic E-state index is 15.9. The van der Waals surface area contributed by atoms with Crippen LogP contribution in [0, 0.1) is 23.5 Å². The number of aliphatic hydroxyl groups is 1. The lowest BCUT2D eigenvalue weighted by atomic mass is 9.84. The minimum absolute atomic E-state index is 0.327. The first kappa shape index (κ1) is 30.8. The number of ether oxygens (including phenoxy) is 1. The van der Waals surface area contributed by atoms with Crippen molar-refractivity contribution in [2.45, 2.75) is 31.2 Å². The second-order valence-electron chi connectivity index (χ2n) is 10.2. The van der Waals surface area contributed by atoms with Gasteiger partial charge in [0.15, 0.2) is 5.60 Å². The van der Waals surface area contributed by atoms with Crippen molar-refractivity contribution < 1.29 is 27.4 Å². The van der Waals surface area contributed by atoms with Gasteiger partial charge in [0.25, 0.3) is 0 Å². The highest BCUT2D eigenvalue weighted by Gasteiger charge is 2.58. The van der Waals surface area contributed by atoms with Gasteiger partial charge in [0.1, 0.15) is 36.0 Å². The molecule has 13 heteroatoms. The summed E-state index contributed by atoms with van der Waals surface area (Å²) in [7, 11) is 4.04. The maximum absolute atomic E-state index is 15.9. The van der Waals surface area contributed by atoms with Crippen molar-refractivity contribution in [1.82, 2.24) is 30.1 Å². The first-order valence-corrected chi connectivity index (χ1v) is 14.1. The molecule has 0 amide bonds. The van der Waals surface area contributed by atoms with Crippen LogP contribution in [-0.4, -0.2) is 49.3 Å².